The minimum Gasteiger partial charge on any atom is -0.508 e. The van der Waals surface area contributed by atoms with Gasteiger partial charge in [0.1, 0.15) is 5.75 Å². The van der Waals surface area contributed by atoms with Gasteiger partial charge >= 0.3 is 0 Å². The standard InChI is InChI=1S/C22H32N2O2/c1-17-15-19(23-22(26)16-18-9-7-8-12-21(18)25)13-14-24(17)20-10-5-3-2-4-6-11-20/h7-10,12,17,19,25H,2-6,11,13-16H2,1H3,(H,23,26)/b20-10+. The average molecular weight is 357 g/mol. The molecular formula is C22H32N2O2. The van der Waals surface area contributed by atoms with Crippen molar-refractivity contribution in [2.24, 2.45) is 0 Å². The number of likely N-dealkylation sites (tertiary alicyclic amines) is 1. The summed E-state index contributed by atoms with van der Waals surface area (Å²) in [6.07, 6.45) is 12.4. The Morgan fingerprint density at radius 2 is 2.04 bits per heavy atom. The molecule has 2 N–H and O–H groups in total. The van der Waals surface area contributed by atoms with Crippen molar-refractivity contribution in [3.8, 4) is 5.75 Å². The van der Waals surface area contributed by atoms with Gasteiger partial charge in [-0.3, -0.25) is 4.79 Å². The quantitative estimate of drug-likeness (QED) is 0.852. The predicted octanol–water partition coefficient (Wildman–Crippen LogP) is 4.14. The van der Waals surface area contributed by atoms with E-state index in [0.29, 0.717) is 11.6 Å². The summed E-state index contributed by atoms with van der Waals surface area (Å²) in [6, 6.07) is 7.76. The molecule has 2 unspecified atom stereocenters. The number of allylic oxidation sites excluding steroid dienone is 2. The fourth-order valence-electron chi connectivity index (χ4n) is 4.28. The van der Waals surface area contributed by atoms with E-state index in [1.165, 1.54) is 44.2 Å². The Kier molecular flexibility index (Phi) is 6.59. The first-order valence-corrected chi connectivity index (χ1v) is 10.2. The molecule has 26 heavy (non-hydrogen) atoms. The first-order chi connectivity index (χ1) is 12.6. The van der Waals surface area contributed by atoms with Crippen LogP contribution in [0.15, 0.2) is 36.0 Å². The Morgan fingerprint density at radius 3 is 2.85 bits per heavy atom. The molecule has 0 spiro atoms. The van der Waals surface area contributed by atoms with Gasteiger partial charge in [-0.25, -0.2) is 0 Å². The van der Waals surface area contributed by atoms with Crippen molar-refractivity contribution in [3.05, 3.63) is 41.6 Å². The molecule has 1 aliphatic heterocycles. The molecular weight excluding hydrogens is 324 g/mol. The van der Waals surface area contributed by atoms with E-state index in [1.807, 2.05) is 6.07 Å². The molecule has 1 heterocycles. The second-order valence-electron chi connectivity index (χ2n) is 7.79. The molecule has 1 amide bonds. The van der Waals surface area contributed by atoms with Crippen LogP contribution in [0.3, 0.4) is 0 Å². The van der Waals surface area contributed by atoms with Gasteiger partial charge in [-0.05, 0) is 51.5 Å². The zero-order valence-corrected chi connectivity index (χ0v) is 15.9. The number of piperidine rings is 1. The van der Waals surface area contributed by atoms with E-state index in [4.69, 9.17) is 0 Å². The third kappa shape index (κ3) is 5.03. The number of benzene rings is 1. The van der Waals surface area contributed by atoms with E-state index >= 15 is 0 Å². The number of carbonyl (C=O) groups excluding carboxylic acids is 1. The number of carbonyl (C=O) groups is 1. The van der Waals surface area contributed by atoms with E-state index in [-0.39, 0.29) is 24.1 Å². The van der Waals surface area contributed by atoms with E-state index in [9.17, 15) is 9.90 Å². The second kappa shape index (κ2) is 9.11. The molecule has 0 bridgehead atoms. The van der Waals surface area contributed by atoms with Crippen LogP contribution in [0.25, 0.3) is 0 Å². The van der Waals surface area contributed by atoms with Gasteiger partial charge in [0.2, 0.25) is 5.91 Å². The summed E-state index contributed by atoms with van der Waals surface area (Å²) in [5.74, 6) is 0.198. The van der Waals surface area contributed by atoms with Crippen LogP contribution in [0.5, 0.6) is 5.75 Å². The number of phenolic OH excluding ortho intramolecular Hbond substituents is 1. The molecule has 2 aliphatic rings. The highest BCUT2D eigenvalue weighted by molar-refractivity contribution is 5.79. The molecule has 4 heteroatoms. The lowest BCUT2D eigenvalue weighted by Crippen LogP contribution is -2.48. The Balaban J connectivity index is 1.52. The number of hydrogen-bond acceptors (Lipinski definition) is 3. The normalized spacial score (nSPS) is 26.3. The molecule has 1 saturated heterocycles. The van der Waals surface area contributed by atoms with E-state index in [2.05, 4.69) is 23.2 Å². The van der Waals surface area contributed by atoms with Gasteiger partial charge in [0.05, 0.1) is 6.42 Å². The van der Waals surface area contributed by atoms with Crippen LogP contribution >= 0.6 is 0 Å². The van der Waals surface area contributed by atoms with Crippen molar-refractivity contribution in [3.63, 3.8) is 0 Å². The van der Waals surface area contributed by atoms with Crippen molar-refractivity contribution in [2.75, 3.05) is 6.54 Å². The van der Waals surface area contributed by atoms with Gasteiger partial charge in [-0.1, -0.05) is 37.1 Å². The van der Waals surface area contributed by atoms with Crippen LogP contribution in [0.2, 0.25) is 0 Å². The van der Waals surface area contributed by atoms with Crippen LogP contribution in [0.4, 0.5) is 0 Å². The van der Waals surface area contributed by atoms with Gasteiger partial charge in [0.25, 0.3) is 0 Å². The monoisotopic (exact) mass is 356 g/mol. The molecule has 0 radical (unpaired) electrons. The maximum Gasteiger partial charge on any atom is 0.224 e. The fraction of sp³-hybridized carbons (Fsp3) is 0.591. The summed E-state index contributed by atoms with van der Waals surface area (Å²) in [5, 5.41) is 13.0. The molecule has 1 aromatic carbocycles. The third-order valence-corrected chi connectivity index (χ3v) is 5.72. The summed E-state index contributed by atoms with van der Waals surface area (Å²) in [5.41, 5.74) is 2.21. The summed E-state index contributed by atoms with van der Waals surface area (Å²) >= 11 is 0. The molecule has 0 saturated carbocycles. The molecule has 142 valence electrons. The number of aromatic hydroxyl groups is 1. The Hall–Kier alpha value is -1.97. The van der Waals surface area contributed by atoms with Crippen LogP contribution in [-0.2, 0) is 11.2 Å². The zero-order chi connectivity index (χ0) is 18.4. The second-order valence-corrected chi connectivity index (χ2v) is 7.79. The number of nitrogens with zero attached hydrogens (tertiary/aromatic N) is 1. The largest absolute Gasteiger partial charge is 0.508 e. The predicted molar refractivity (Wildman–Crippen MR) is 105 cm³/mol. The van der Waals surface area contributed by atoms with Gasteiger partial charge in [-0.15, -0.1) is 0 Å². The maximum atomic E-state index is 12.4. The smallest absolute Gasteiger partial charge is 0.224 e. The lowest BCUT2D eigenvalue weighted by molar-refractivity contribution is -0.121. The van der Waals surface area contributed by atoms with Crippen molar-refractivity contribution in [1.82, 2.24) is 10.2 Å². The number of amides is 1. The van der Waals surface area contributed by atoms with Crippen molar-refractivity contribution in [2.45, 2.75) is 76.8 Å². The number of nitrogens with one attached hydrogen (secondary N) is 1. The zero-order valence-electron chi connectivity index (χ0n) is 15.9. The van der Waals surface area contributed by atoms with Gasteiger partial charge < -0.3 is 15.3 Å². The highest BCUT2D eigenvalue weighted by Crippen LogP contribution is 2.27. The maximum absolute atomic E-state index is 12.4. The topological polar surface area (TPSA) is 52.6 Å². The van der Waals surface area contributed by atoms with Crippen molar-refractivity contribution < 1.29 is 9.90 Å². The molecule has 3 rings (SSSR count). The molecule has 0 aromatic heterocycles. The number of phenols is 1. The Labute approximate surface area is 157 Å². The SMILES string of the molecule is CC1CC(NC(=O)Cc2ccccc2O)CCN1/C1=C/CCCCCC1. The lowest BCUT2D eigenvalue weighted by atomic mass is 9.95. The van der Waals surface area contributed by atoms with Gasteiger partial charge in [-0.2, -0.15) is 0 Å². The minimum absolute atomic E-state index is 0.00215. The number of para-hydroxylation sites is 1. The number of hydrogen-bond donors (Lipinski definition) is 2. The molecule has 1 aromatic rings. The molecule has 2 atom stereocenters. The Morgan fingerprint density at radius 1 is 1.23 bits per heavy atom. The highest BCUT2D eigenvalue weighted by Gasteiger charge is 2.27. The molecule has 1 aliphatic carbocycles. The highest BCUT2D eigenvalue weighted by atomic mass is 16.3. The van der Waals surface area contributed by atoms with Crippen LogP contribution in [0, 0.1) is 0 Å². The Bertz CT molecular complexity index is 641. The van der Waals surface area contributed by atoms with E-state index in [0.717, 1.165) is 19.4 Å². The van der Waals surface area contributed by atoms with Crippen LogP contribution in [0.1, 0.15) is 63.9 Å². The van der Waals surface area contributed by atoms with Crippen LogP contribution in [-0.4, -0.2) is 34.5 Å². The lowest BCUT2D eigenvalue weighted by Gasteiger charge is -2.41. The summed E-state index contributed by atoms with van der Waals surface area (Å²) < 4.78 is 0. The first-order valence-electron chi connectivity index (χ1n) is 10.2. The molecule has 1 fully saturated rings. The van der Waals surface area contributed by atoms with E-state index in [1.54, 1.807) is 18.2 Å². The van der Waals surface area contributed by atoms with Gasteiger partial charge in [0, 0.05) is 29.9 Å². The molecule has 4 nitrogen and oxygen atoms in total. The van der Waals surface area contributed by atoms with Crippen LogP contribution < -0.4 is 5.32 Å². The third-order valence-electron chi connectivity index (χ3n) is 5.72. The van der Waals surface area contributed by atoms with Gasteiger partial charge in [0.15, 0.2) is 0 Å². The first kappa shape index (κ1) is 18.8. The van der Waals surface area contributed by atoms with E-state index < -0.39 is 0 Å². The summed E-state index contributed by atoms with van der Waals surface area (Å²) in [7, 11) is 0. The number of rotatable bonds is 4. The van der Waals surface area contributed by atoms with Crippen molar-refractivity contribution >= 4 is 5.91 Å². The summed E-state index contributed by atoms with van der Waals surface area (Å²) in [4.78, 5) is 14.9. The average Bonchev–Trinajstić information content (AvgIpc) is 2.58. The minimum atomic E-state index is 0.00215. The summed E-state index contributed by atoms with van der Waals surface area (Å²) in [6.45, 7) is 3.30. The fourth-order valence-corrected chi connectivity index (χ4v) is 4.28. The van der Waals surface area contributed by atoms with Crippen molar-refractivity contribution in [1.29, 1.82) is 0 Å².